The van der Waals surface area contributed by atoms with E-state index in [0.717, 1.165) is 18.2 Å². The summed E-state index contributed by atoms with van der Waals surface area (Å²) in [7, 11) is 1.45. The van der Waals surface area contributed by atoms with Crippen LogP contribution >= 0.6 is 0 Å². The lowest BCUT2D eigenvalue weighted by Crippen LogP contribution is -2.22. The Morgan fingerprint density at radius 1 is 1.03 bits per heavy atom. The number of halogens is 3. The minimum absolute atomic E-state index is 0.0374. The number of pyridine rings is 1. The number of hydrogen-bond acceptors (Lipinski definition) is 3. The molecule has 4 aromatic rings. The molecule has 0 saturated heterocycles. The van der Waals surface area contributed by atoms with Gasteiger partial charge >= 0.3 is 0 Å². The first kappa shape index (κ1) is 19.4. The van der Waals surface area contributed by atoms with Crippen LogP contribution in [0.1, 0.15) is 15.9 Å². The largest absolute Gasteiger partial charge is 0.366 e. The third kappa shape index (κ3) is 2.95. The predicted octanol–water partition coefficient (Wildman–Crippen LogP) is 3.22. The molecule has 0 saturated carbocycles. The van der Waals surface area contributed by atoms with Crippen molar-refractivity contribution in [2.75, 3.05) is 0 Å². The summed E-state index contributed by atoms with van der Waals surface area (Å²) < 4.78 is 43.9. The van der Waals surface area contributed by atoms with Crippen LogP contribution in [0, 0.1) is 24.4 Å². The monoisotopic (exact) mass is 412 g/mol. The fraction of sp³-hybridized carbons (Fsp3) is 0.0952. The number of primary amides is 1. The molecule has 0 radical (unpaired) electrons. The molecule has 9 heteroatoms. The van der Waals surface area contributed by atoms with Gasteiger partial charge in [0.15, 0.2) is 5.82 Å². The van der Waals surface area contributed by atoms with Crippen LogP contribution < -0.4 is 11.3 Å². The summed E-state index contributed by atoms with van der Waals surface area (Å²) in [6.07, 6.45) is 1.40. The zero-order chi connectivity index (χ0) is 21.7. The maximum absolute atomic E-state index is 14.3. The van der Waals surface area contributed by atoms with E-state index in [0.29, 0.717) is 5.39 Å². The number of hydrogen-bond donors (Lipinski definition) is 1. The Labute approximate surface area is 168 Å². The number of benzene rings is 2. The molecule has 0 atom stereocenters. The molecule has 0 aliphatic carbocycles. The fourth-order valence-electron chi connectivity index (χ4n) is 3.42. The van der Waals surface area contributed by atoms with Gasteiger partial charge in [-0.15, -0.1) is 0 Å². The SMILES string of the molecule is Cc1cc(-c2cc3cnn(-c4ccc(F)cc4F)c3n(C)c2=O)c(C(N)=O)cc1F. The summed E-state index contributed by atoms with van der Waals surface area (Å²) >= 11 is 0. The lowest BCUT2D eigenvalue weighted by Gasteiger charge is -2.12. The van der Waals surface area contributed by atoms with Gasteiger partial charge in [0.25, 0.3) is 5.56 Å². The van der Waals surface area contributed by atoms with E-state index in [9.17, 15) is 22.8 Å². The van der Waals surface area contributed by atoms with Gasteiger partial charge in [-0.2, -0.15) is 5.10 Å². The van der Waals surface area contributed by atoms with Gasteiger partial charge in [-0.25, -0.2) is 17.9 Å². The molecule has 2 aromatic heterocycles. The molecule has 0 unspecified atom stereocenters. The number of carbonyl (C=O) groups excluding carboxylic acids is 1. The number of aromatic nitrogens is 3. The average molecular weight is 412 g/mol. The Morgan fingerprint density at radius 3 is 2.43 bits per heavy atom. The molecule has 152 valence electrons. The van der Waals surface area contributed by atoms with Crippen LogP contribution in [0.2, 0.25) is 0 Å². The van der Waals surface area contributed by atoms with Crippen molar-refractivity contribution >= 4 is 16.9 Å². The van der Waals surface area contributed by atoms with Gasteiger partial charge < -0.3 is 5.73 Å². The lowest BCUT2D eigenvalue weighted by atomic mass is 9.97. The van der Waals surface area contributed by atoms with E-state index < -0.39 is 28.9 Å². The molecule has 0 spiro atoms. The first-order valence-electron chi connectivity index (χ1n) is 8.82. The van der Waals surface area contributed by atoms with Crippen LogP contribution in [-0.4, -0.2) is 20.3 Å². The number of nitrogens with two attached hydrogens (primary N) is 1. The smallest absolute Gasteiger partial charge is 0.259 e. The van der Waals surface area contributed by atoms with Crippen molar-refractivity contribution in [3.8, 4) is 16.8 Å². The molecule has 0 aliphatic rings. The van der Waals surface area contributed by atoms with Gasteiger partial charge in [0, 0.05) is 29.6 Å². The van der Waals surface area contributed by atoms with Gasteiger partial charge in [0.05, 0.1) is 11.8 Å². The highest BCUT2D eigenvalue weighted by atomic mass is 19.1. The van der Waals surface area contributed by atoms with E-state index in [2.05, 4.69) is 5.10 Å². The first-order valence-corrected chi connectivity index (χ1v) is 8.82. The number of aryl methyl sites for hydroxylation is 2. The number of rotatable bonds is 3. The minimum Gasteiger partial charge on any atom is -0.366 e. The summed E-state index contributed by atoms with van der Waals surface area (Å²) in [6.45, 7) is 1.50. The molecular weight excluding hydrogens is 397 g/mol. The molecule has 2 heterocycles. The Morgan fingerprint density at radius 2 is 1.77 bits per heavy atom. The summed E-state index contributed by atoms with van der Waals surface area (Å²) in [5.41, 5.74) is 5.47. The molecule has 4 rings (SSSR count). The zero-order valence-electron chi connectivity index (χ0n) is 15.9. The average Bonchev–Trinajstić information content (AvgIpc) is 3.10. The zero-order valence-corrected chi connectivity index (χ0v) is 15.9. The fourth-order valence-corrected chi connectivity index (χ4v) is 3.42. The maximum atomic E-state index is 14.3. The lowest BCUT2D eigenvalue weighted by molar-refractivity contribution is 0.100. The topological polar surface area (TPSA) is 82.9 Å². The van der Waals surface area contributed by atoms with Crippen molar-refractivity contribution < 1.29 is 18.0 Å². The second-order valence-electron chi connectivity index (χ2n) is 6.86. The van der Waals surface area contributed by atoms with Crippen molar-refractivity contribution in [3.63, 3.8) is 0 Å². The van der Waals surface area contributed by atoms with Crippen molar-refractivity contribution in [2.45, 2.75) is 6.92 Å². The van der Waals surface area contributed by atoms with Gasteiger partial charge in [0.1, 0.15) is 23.0 Å². The van der Waals surface area contributed by atoms with E-state index >= 15 is 0 Å². The van der Waals surface area contributed by atoms with E-state index in [4.69, 9.17) is 5.73 Å². The number of fused-ring (bicyclic) bond motifs is 1. The summed E-state index contributed by atoms with van der Waals surface area (Å²) in [5, 5.41) is 4.58. The van der Waals surface area contributed by atoms with Gasteiger partial charge in [-0.3, -0.25) is 14.2 Å². The second kappa shape index (κ2) is 6.87. The highest BCUT2D eigenvalue weighted by Crippen LogP contribution is 2.28. The number of carbonyl (C=O) groups is 1. The molecule has 6 nitrogen and oxygen atoms in total. The highest BCUT2D eigenvalue weighted by molar-refractivity contribution is 6.00. The van der Waals surface area contributed by atoms with E-state index in [-0.39, 0.29) is 33.6 Å². The predicted molar refractivity (Wildman–Crippen MR) is 105 cm³/mol. The van der Waals surface area contributed by atoms with Crippen LogP contribution in [0.25, 0.3) is 27.8 Å². The standard InChI is InChI=1S/C21H15F3N4O2/c1-10-5-13(14(19(25)29)8-16(10)23)15-6-11-9-26-28(20(11)27(2)21(15)30)18-4-3-12(22)7-17(18)24/h3-9H,1-2H3,(H2,25,29). The number of nitrogens with zero attached hydrogens (tertiary/aromatic N) is 3. The Kier molecular flexibility index (Phi) is 4.45. The molecule has 2 aromatic carbocycles. The van der Waals surface area contributed by atoms with Gasteiger partial charge in [0.2, 0.25) is 5.91 Å². The molecule has 30 heavy (non-hydrogen) atoms. The molecular formula is C21H15F3N4O2. The third-order valence-electron chi connectivity index (χ3n) is 4.92. The summed E-state index contributed by atoms with van der Waals surface area (Å²) in [6, 6.07) is 6.86. The highest BCUT2D eigenvalue weighted by Gasteiger charge is 2.20. The van der Waals surface area contributed by atoms with E-state index in [1.165, 1.54) is 47.6 Å². The molecule has 0 aliphatic heterocycles. The second-order valence-corrected chi connectivity index (χ2v) is 6.86. The summed E-state index contributed by atoms with van der Waals surface area (Å²) in [4.78, 5) is 24.9. The quantitative estimate of drug-likeness (QED) is 0.561. The summed E-state index contributed by atoms with van der Waals surface area (Å²) in [5.74, 6) is -3.09. The van der Waals surface area contributed by atoms with Crippen LogP contribution in [0.15, 0.2) is 47.4 Å². The van der Waals surface area contributed by atoms with Crippen LogP contribution in [-0.2, 0) is 7.05 Å². The Balaban J connectivity index is 2.01. The van der Waals surface area contributed by atoms with Crippen molar-refractivity contribution in [2.24, 2.45) is 12.8 Å². The third-order valence-corrected chi connectivity index (χ3v) is 4.92. The van der Waals surface area contributed by atoms with E-state index in [1.807, 2.05) is 0 Å². The maximum Gasteiger partial charge on any atom is 0.259 e. The van der Waals surface area contributed by atoms with Crippen molar-refractivity contribution in [1.29, 1.82) is 0 Å². The van der Waals surface area contributed by atoms with Gasteiger partial charge in [-0.1, -0.05) is 0 Å². The molecule has 2 N–H and O–H groups in total. The van der Waals surface area contributed by atoms with Crippen LogP contribution in [0.4, 0.5) is 13.2 Å². The number of amides is 1. The molecule has 0 fully saturated rings. The van der Waals surface area contributed by atoms with Crippen LogP contribution in [0.3, 0.4) is 0 Å². The normalized spacial score (nSPS) is 11.2. The van der Waals surface area contributed by atoms with Crippen molar-refractivity contribution in [1.82, 2.24) is 14.3 Å². The Hall–Kier alpha value is -3.88. The first-order chi connectivity index (χ1) is 14.2. The molecule has 0 bridgehead atoms. The van der Waals surface area contributed by atoms with Gasteiger partial charge in [-0.05, 0) is 42.8 Å². The van der Waals surface area contributed by atoms with E-state index in [1.54, 1.807) is 0 Å². The Bertz CT molecular complexity index is 1410. The van der Waals surface area contributed by atoms with Crippen LogP contribution in [0.5, 0.6) is 0 Å². The minimum atomic E-state index is -0.880. The molecule has 1 amide bonds. The van der Waals surface area contributed by atoms with Crippen molar-refractivity contribution in [3.05, 3.63) is 81.5 Å².